The van der Waals surface area contributed by atoms with E-state index in [4.69, 9.17) is 0 Å². The zero-order chi connectivity index (χ0) is 23.9. The topological polar surface area (TPSA) is 0 Å². The van der Waals surface area contributed by atoms with E-state index in [0.29, 0.717) is 26.1 Å². The van der Waals surface area contributed by atoms with Crippen molar-refractivity contribution < 1.29 is 52.0 Å². The molecule has 0 saturated heterocycles. The summed E-state index contributed by atoms with van der Waals surface area (Å²) >= 11 is 0.530. The fourth-order valence-corrected chi connectivity index (χ4v) is 9.70. The molecule has 0 aliphatic rings. The Labute approximate surface area is 240 Å². The predicted molar refractivity (Wildman–Crippen MR) is 136 cm³/mol. The Balaban J connectivity index is 0.00000385. The summed E-state index contributed by atoms with van der Waals surface area (Å²) in [7, 11) is -0.155. The van der Waals surface area contributed by atoms with E-state index in [0.717, 1.165) is 0 Å². The average molecular weight is 809 g/mol. The van der Waals surface area contributed by atoms with E-state index >= 15 is 0 Å². The number of hydrogen-bond acceptors (Lipinski definition) is 0. The summed E-state index contributed by atoms with van der Waals surface area (Å²) in [5, 5.41) is 0. The van der Waals surface area contributed by atoms with E-state index < -0.39 is 0 Å². The molecule has 0 radical (unpaired) electrons. The molecule has 0 bridgehead atoms. The summed E-state index contributed by atoms with van der Waals surface area (Å²) in [4.78, 5) is 4.05. The second-order valence-electron chi connectivity index (χ2n) is 11.8. The van der Waals surface area contributed by atoms with Crippen LogP contribution in [0, 0.1) is 6.07 Å². The monoisotopic (exact) mass is 811 g/mol. The first-order chi connectivity index (χ1) is 14.7. The molecular formula is C30H37HfHgS. The van der Waals surface area contributed by atoms with Crippen molar-refractivity contribution in [2.24, 2.45) is 0 Å². The molecule has 0 saturated carbocycles. The van der Waals surface area contributed by atoms with Gasteiger partial charge in [-0.1, -0.05) is 0 Å². The van der Waals surface area contributed by atoms with Crippen LogP contribution in [0.1, 0.15) is 79.0 Å². The summed E-state index contributed by atoms with van der Waals surface area (Å²) in [5.41, 5.74) is 4.72. The fourth-order valence-electron chi connectivity index (χ4n) is 3.91. The molecule has 0 nitrogen and oxygen atoms in total. The molecule has 0 amide bonds. The Bertz CT molecular complexity index is 1010. The van der Waals surface area contributed by atoms with E-state index in [2.05, 4.69) is 129 Å². The molecule has 169 valence electrons. The Morgan fingerprint density at radius 3 is 1.27 bits per heavy atom. The van der Waals surface area contributed by atoms with Gasteiger partial charge in [-0.3, -0.25) is 0 Å². The second kappa shape index (κ2) is 10.8. The first kappa shape index (κ1) is 29.0. The van der Waals surface area contributed by atoms with E-state index in [1.165, 1.54) is 34.4 Å². The zero-order valence-electron chi connectivity index (χ0n) is 21.9. The molecule has 3 aromatic carbocycles. The largest absolute Gasteiger partial charge is 0 e. The Morgan fingerprint density at radius 1 is 0.576 bits per heavy atom. The normalized spacial score (nSPS) is 12.6. The third-order valence-electron chi connectivity index (χ3n) is 5.94. The number of rotatable bonds is 3. The van der Waals surface area contributed by atoms with Crippen LogP contribution in [-0.2, 0) is 79.1 Å². The van der Waals surface area contributed by atoms with Gasteiger partial charge in [0.15, 0.2) is 0 Å². The molecule has 3 rings (SSSR count). The van der Waals surface area contributed by atoms with Gasteiger partial charge in [0.05, 0.1) is 0 Å². The molecule has 0 heterocycles. The van der Waals surface area contributed by atoms with E-state index in [1.54, 1.807) is 0 Å². The number of benzene rings is 3. The standard InChI is InChI=1S/C30H37S.Hf.Hg/c1-28(2,3)22-10-16-25(17-11-22)31(26-18-12-23(13-19-26)29(4,5)6)27-20-14-24(15-21-27)30(7,8)9;;/h10-14,16-20H,1-9H3;;. The molecule has 0 aliphatic heterocycles. The molecule has 3 aromatic rings. The van der Waals surface area contributed by atoms with Crippen LogP contribution < -0.4 is 3.07 Å². The SMILES string of the molecule is CC(C)(C)c1ccc([S+](c2[c-][c]([Hg])c(C(C)(C)C)cc2)c2ccc(C(C)(C)C)cc2)cc1.[Hf]. The van der Waals surface area contributed by atoms with Crippen molar-refractivity contribution in [1.82, 2.24) is 0 Å². The van der Waals surface area contributed by atoms with Gasteiger partial charge in [0.25, 0.3) is 0 Å². The molecular weight excluding hydrogens is 771 g/mol. The Hall–Kier alpha value is -0.185. The van der Waals surface area contributed by atoms with Gasteiger partial charge in [-0.15, -0.1) is 0 Å². The summed E-state index contributed by atoms with van der Waals surface area (Å²) < 4.78 is 1.45. The van der Waals surface area contributed by atoms with Crippen LogP contribution in [0.15, 0.2) is 75.4 Å². The molecule has 0 atom stereocenters. The van der Waals surface area contributed by atoms with E-state index in [1.807, 2.05) is 0 Å². The van der Waals surface area contributed by atoms with Crippen LogP contribution in [0.4, 0.5) is 0 Å². The van der Waals surface area contributed by atoms with Gasteiger partial charge in [0.2, 0.25) is 0 Å². The predicted octanol–water partition coefficient (Wildman–Crippen LogP) is 7.64. The van der Waals surface area contributed by atoms with Gasteiger partial charge in [-0.05, 0) is 0 Å². The molecule has 0 fully saturated rings. The van der Waals surface area contributed by atoms with Gasteiger partial charge in [0, 0.05) is 25.8 Å². The van der Waals surface area contributed by atoms with Crippen molar-refractivity contribution in [3.8, 4) is 0 Å². The molecule has 0 aliphatic carbocycles. The van der Waals surface area contributed by atoms with Crippen LogP contribution >= 0.6 is 0 Å². The Morgan fingerprint density at radius 2 is 0.970 bits per heavy atom. The maximum atomic E-state index is 3.87. The first-order valence-corrected chi connectivity index (χ1v) is 15.5. The van der Waals surface area contributed by atoms with Crippen molar-refractivity contribution in [3.63, 3.8) is 0 Å². The summed E-state index contributed by atoms with van der Waals surface area (Å²) in [5.74, 6) is 0. The van der Waals surface area contributed by atoms with Gasteiger partial charge in [0.1, 0.15) is 0 Å². The molecule has 33 heavy (non-hydrogen) atoms. The smallest absolute Gasteiger partial charge is 0 e. The van der Waals surface area contributed by atoms with Crippen LogP contribution in [0.3, 0.4) is 0 Å². The van der Waals surface area contributed by atoms with Gasteiger partial charge in [-0.25, -0.2) is 0 Å². The maximum absolute atomic E-state index is 3.87. The minimum absolute atomic E-state index is 0. The Kier molecular flexibility index (Phi) is 9.53. The maximum Gasteiger partial charge on any atom is 0 e. The number of hydrogen-bond donors (Lipinski definition) is 0. The quantitative estimate of drug-likeness (QED) is 0.145. The van der Waals surface area contributed by atoms with Gasteiger partial charge < -0.3 is 0 Å². The summed E-state index contributed by atoms with van der Waals surface area (Å²) in [6, 6.07) is 27.2. The van der Waals surface area contributed by atoms with Crippen molar-refractivity contribution in [1.29, 1.82) is 0 Å². The van der Waals surface area contributed by atoms with E-state index in [9.17, 15) is 0 Å². The fraction of sp³-hybridized carbons (Fsp3) is 0.400. The van der Waals surface area contributed by atoms with Crippen LogP contribution in [0.25, 0.3) is 0 Å². The minimum Gasteiger partial charge on any atom is 0 e. The molecule has 0 aromatic heterocycles. The van der Waals surface area contributed by atoms with Crippen molar-refractivity contribution >= 4 is 14.0 Å². The average Bonchev–Trinajstić information content (AvgIpc) is 2.67. The van der Waals surface area contributed by atoms with Gasteiger partial charge in [-0.2, -0.15) is 0 Å². The molecule has 3 heteroatoms. The minimum atomic E-state index is -0.155. The summed E-state index contributed by atoms with van der Waals surface area (Å²) in [6.07, 6.45) is 0. The third kappa shape index (κ3) is 7.17. The summed E-state index contributed by atoms with van der Waals surface area (Å²) in [6.45, 7) is 20.6. The van der Waals surface area contributed by atoms with Crippen LogP contribution in [0.5, 0.6) is 0 Å². The molecule has 0 N–H and O–H groups in total. The third-order valence-corrected chi connectivity index (χ3v) is 10.3. The molecule has 0 unspecified atom stereocenters. The first-order valence-electron chi connectivity index (χ1n) is 11.5. The second-order valence-corrected chi connectivity index (χ2v) is 16.6. The van der Waals surface area contributed by atoms with E-state index in [-0.39, 0.29) is 53.0 Å². The molecule has 0 spiro atoms. The van der Waals surface area contributed by atoms with Gasteiger partial charge >= 0.3 is 217 Å². The van der Waals surface area contributed by atoms with Crippen LogP contribution in [0.2, 0.25) is 0 Å². The van der Waals surface area contributed by atoms with Crippen molar-refractivity contribution in [2.45, 2.75) is 93.2 Å². The van der Waals surface area contributed by atoms with Crippen LogP contribution in [-0.4, -0.2) is 0 Å². The van der Waals surface area contributed by atoms with Crippen molar-refractivity contribution in [2.75, 3.05) is 0 Å². The van der Waals surface area contributed by atoms with Crippen molar-refractivity contribution in [3.05, 3.63) is 83.4 Å². The zero-order valence-corrected chi connectivity index (χ0v) is 31.8.